The number of carbonyl (C=O) groups is 2. The summed E-state index contributed by atoms with van der Waals surface area (Å²) in [5.74, 6) is 0.411. The summed E-state index contributed by atoms with van der Waals surface area (Å²) in [6, 6.07) is 15.7. The van der Waals surface area contributed by atoms with Crippen molar-refractivity contribution in [3.63, 3.8) is 0 Å². The quantitative estimate of drug-likeness (QED) is 0.265. The molecule has 0 aliphatic carbocycles. The Morgan fingerprint density at radius 1 is 1.06 bits per heavy atom. The first-order valence-electron chi connectivity index (χ1n) is 11.6. The number of aromatic nitrogens is 3. The molecule has 0 saturated carbocycles. The van der Waals surface area contributed by atoms with Crippen molar-refractivity contribution in [1.29, 1.82) is 0 Å². The number of hydrogen-bond donors (Lipinski definition) is 1. The van der Waals surface area contributed by atoms with Gasteiger partial charge in [-0.15, -0.1) is 10.2 Å². The molecule has 2 aromatic carbocycles. The van der Waals surface area contributed by atoms with E-state index in [2.05, 4.69) is 32.5 Å². The molecule has 4 rings (SSSR count). The summed E-state index contributed by atoms with van der Waals surface area (Å²) in [4.78, 5) is 39.8. The van der Waals surface area contributed by atoms with Gasteiger partial charge in [-0.3, -0.25) is 19.7 Å². The van der Waals surface area contributed by atoms with E-state index in [-0.39, 0.29) is 29.5 Å². The highest BCUT2D eigenvalue weighted by molar-refractivity contribution is 7.99. The van der Waals surface area contributed by atoms with E-state index < -0.39 is 10.8 Å². The molecule has 0 unspecified atom stereocenters. The maximum Gasteiger partial charge on any atom is 0.270 e. The lowest BCUT2D eigenvalue weighted by atomic mass is 10.2. The number of benzene rings is 2. The van der Waals surface area contributed by atoms with Gasteiger partial charge in [-0.25, -0.2) is 0 Å². The number of thioether (sulfide) groups is 1. The number of non-ortho nitro benzene ring substituents is 1. The van der Waals surface area contributed by atoms with Gasteiger partial charge in [0.1, 0.15) is 0 Å². The molecule has 188 valence electrons. The second-order valence-electron chi connectivity index (χ2n) is 8.13. The summed E-state index contributed by atoms with van der Waals surface area (Å²) in [7, 11) is 0. The van der Waals surface area contributed by atoms with Crippen molar-refractivity contribution in [2.45, 2.75) is 25.2 Å². The Bertz CT molecular complexity index is 1230. The lowest BCUT2D eigenvalue weighted by Gasteiger charge is -2.36. The fraction of sp³-hybridized carbons (Fsp3) is 0.333. The number of piperazine rings is 1. The second kappa shape index (κ2) is 11.7. The first-order chi connectivity index (χ1) is 17.5. The summed E-state index contributed by atoms with van der Waals surface area (Å²) in [6.45, 7) is 5.54. The van der Waals surface area contributed by atoms with Crippen LogP contribution in [0.2, 0.25) is 0 Å². The molecular formula is C24H27N7O4S. The van der Waals surface area contributed by atoms with Gasteiger partial charge in [0, 0.05) is 56.1 Å². The number of nitrogens with zero attached hydrogens (tertiary/aromatic N) is 6. The number of nitrogens with one attached hydrogen (secondary N) is 1. The third-order valence-corrected chi connectivity index (χ3v) is 6.87. The summed E-state index contributed by atoms with van der Waals surface area (Å²) >= 11 is 1.32. The number of nitro groups is 1. The molecule has 0 radical (unpaired) electrons. The summed E-state index contributed by atoms with van der Waals surface area (Å²) in [6.07, 6.45) is 0. The molecule has 0 atom stereocenters. The van der Waals surface area contributed by atoms with Gasteiger partial charge < -0.3 is 19.7 Å². The van der Waals surface area contributed by atoms with E-state index in [1.807, 2.05) is 34.6 Å². The van der Waals surface area contributed by atoms with Crippen molar-refractivity contribution in [3.05, 3.63) is 76.1 Å². The van der Waals surface area contributed by atoms with Crippen molar-refractivity contribution in [2.75, 3.05) is 36.8 Å². The Morgan fingerprint density at radius 3 is 2.50 bits per heavy atom. The predicted molar refractivity (Wildman–Crippen MR) is 136 cm³/mol. The van der Waals surface area contributed by atoms with E-state index in [0.29, 0.717) is 30.6 Å². The first kappa shape index (κ1) is 25.2. The van der Waals surface area contributed by atoms with Crippen LogP contribution in [0.4, 0.5) is 11.4 Å². The molecule has 36 heavy (non-hydrogen) atoms. The number of amides is 2. The number of anilines is 1. The van der Waals surface area contributed by atoms with Crippen LogP contribution in [0.15, 0.2) is 59.8 Å². The van der Waals surface area contributed by atoms with Crippen LogP contribution in [-0.2, 0) is 17.9 Å². The highest BCUT2D eigenvalue weighted by Crippen LogP contribution is 2.20. The zero-order valence-corrected chi connectivity index (χ0v) is 20.7. The molecule has 1 N–H and O–H groups in total. The molecule has 3 aromatic rings. The van der Waals surface area contributed by atoms with Crippen molar-refractivity contribution in [2.24, 2.45) is 0 Å². The summed E-state index contributed by atoms with van der Waals surface area (Å²) in [5.41, 5.74) is 1.21. The Kier molecular flexibility index (Phi) is 8.16. The van der Waals surface area contributed by atoms with Gasteiger partial charge >= 0.3 is 0 Å². The smallest absolute Gasteiger partial charge is 0.270 e. The molecule has 0 bridgehead atoms. The van der Waals surface area contributed by atoms with Gasteiger partial charge in [-0.1, -0.05) is 36.0 Å². The van der Waals surface area contributed by atoms with Crippen LogP contribution in [0.3, 0.4) is 0 Å². The minimum Gasteiger partial charge on any atom is -0.368 e. The molecule has 1 aromatic heterocycles. The van der Waals surface area contributed by atoms with Gasteiger partial charge in [0.05, 0.1) is 17.2 Å². The summed E-state index contributed by atoms with van der Waals surface area (Å²) in [5, 5.41) is 22.7. The highest BCUT2D eigenvalue weighted by atomic mass is 32.2. The Labute approximate surface area is 212 Å². The van der Waals surface area contributed by atoms with Crippen LogP contribution >= 0.6 is 11.8 Å². The van der Waals surface area contributed by atoms with E-state index >= 15 is 0 Å². The largest absolute Gasteiger partial charge is 0.368 e. The van der Waals surface area contributed by atoms with E-state index in [0.717, 1.165) is 13.1 Å². The molecular weight excluding hydrogens is 482 g/mol. The molecule has 1 aliphatic rings. The van der Waals surface area contributed by atoms with Gasteiger partial charge in [-0.05, 0) is 25.1 Å². The Hall–Kier alpha value is -3.93. The lowest BCUT2D eigenvalue weighted by Crippen LogP contribution is -2.49. The van der Waals surface area contributed by atoms with E-state index in [1.165, 1.54) is 41.7 Å². The average molecular weight is 510 g/mol. The van der Waals surface area contributed by atoms with Gasteiger partial charge in [0.15, 0.2) is 11.0 Å². The monoisotopic (exact) mass is 509 g/mol. The Balaban J connectivity index is 1.29. The number of carbonyl (C=O) groups excluding carboxylic acids is 2. The SMILES string of the molecule is CCn1c(CNC(=O)c2cccc([N+](=O)[O-])c2)nnc1SCC(=O)N1CCN(c2ccccc2)CC1. The fourth-order valence-electron chi connectivity index (χ4n) is 3.97. The fourth-order valence-corrected chi connectivity index (χ4v) is 4.89. The van der Waals surface area contributed by atoms with E-state index in [1.54, 1.807) is 0 Å². The normalized spacial score (nSPS) is 13.5. The van der Waals surface area contributed by atoms with Crippen LogP contribution < -0.4 is 10.2 Å². The van der Waals surface area contributed by atoms with E-state index in [4.69, 9.17) is 0 Å². The van der Waals surface area contributed by atoms with Crippen LogP contribution in [0, 0.1) is 10.1 Å². The highest BCUT2D eigenvalue weighted by Gasteiger charge is 2.22. The van der Waals surface area contributed by atoms with E-state index in [9.17, 15) is 19.7 Å². The van der Waals surface area contributed by atoms with Crippen LogP contribution in [0.25, 0.3) is 0 Å². The molecule has 1 aliphatic heterocycles. The molecule has 12 heteroatoms. The van der Waals surface area contributed by atoms with Crippen molar-refractivity contribution >= 4 is 35.0 Å². The van der Waals surface area contributed by atoms with Crippen LogP contribution in [-0.4, -0.2) is 68.3 Å². The molecule has 1 saturated heterocycles. The minimum atomic E-state index is -0.543. The summed E-state index contributed by atoms with van der Waals surface area (Å²) < 4.78 is 1.85. The predicted octanol–water partition coefficient (Wildman–Crippen LogP) is 2.58. The lowest BCUT2D eigenvalue weighted by molar-refractivity contribution is -0.384. The standard InChI is InChI=1S/C24H27N7O4S/c1-2-30-21(16-25-23(33)18-7-6-10-20(15-18)31(34)35)26-27-24(30)36-17-22(32)29-13-11-28(12-14-29)19-8-4-3-5-9-19/h3-10,15H,2,11-14,16-17H2,1H3,(H,25,33). The zero-order chi connectivity index (χ0) is 25.5. The van der Waals surface area contributed by atoms with Crippen molar-refractivity contribution < 1.29 is 14.5 Å². The van der Waals surface area contributed by atoms with Crippen LogP contribution in [0.1, 0.15) is 23.1 Å². The van der Waals surface area contributed by atoms with Gasteiger partial charge in [0.25, 0.3) is 11.6 Å². The third kappa shape index (κ3) is 6.00. The number of hydrogen-bond acceptors (Lipinski definition) is 8. The molecule has 2 amide bonds. The molecule has 1 fully saturated rings. The van der Waals surface area contributed by atoms with Crippen LogP contribution in [0.5, 0.6) is 0 Å². The first-order valence-corrected chi connectivity index (χ1v) is 12.6. The average Bonchev–Trinajstić information content (AvgIpc) is 3.32. The van der Waals surface area contributed by atoms with Crippen molar-refractivity contribution in [3.8, 4) is 0 Å². The number of para-hydroxylation sites is 1. The number of rotatable bonds is 9. The molecule has 2 heterocycles. The van der Waals surface area contributed by atoms with Crippen molar-refractivity contribution in [1.82, 2.24) is 25.0 Å². The van der Waals surface area contributed by atoms with Gasteiger partial charge in [-0.2, -0.15) is 0 Å². The third-order valence-electron chi connectivity index (χ3n) is 5.91. The minimum absolute atomic E-state index is 0.0545. The number of nitro benzene ring substituents is 1. The topological polar surface area (TPSA) is 126 Å². The molecule has 0 spiro atoms. The maximum atomic E-state index is 12.8. The maximum absolute atomic E-state index is 12.8. The second-order valence-corrected chi connectivity index (χ2v) is 9.07. The Morgan fingerprint density at radius 2 is 1.81 bits per heavy atom. The van der Waals surface area contributed by atoms with Gasteiger partial charge in [0.2, 0.25) is 5.91 Å². The molecule has 11 nitrogen and oxygen atoms in total. The zero-order valence-electron chi connectivity index (χ0n) is 19.9.